The van der Waals surface area contributed by atoms with Crippen molar-refractivity contribution in [1.29, 1.82) is 0 Å². The molecule has 0 radical (unpaired) electrons. The molecule has 2 aliphatic heterocycles. The predicted octanol–water partition coefficient (Wildman–Crippen LogP) is 2.02. The summed E-state index contributed by atoms with van der Waals surface area (Å²) in [7, 11) is 0. The van der Waals surface area contributed by atoms with Gasteiger partial charge in [0, 0.05) is 36.8 Å². The van der Waals surface area contributed by atoms with Crippen LogP contribution in [0, 0.1) is 0 Å². The van der Waals surface area contributed by atoms with Crippen LogP contribution in [-0.2, 0) is 4.74 Å². The van der Waals surface area contributed by atoms with E-state index in [9.17, 15) is 0 Å². The molecule has 0 aromatic heterocycles. The molecular formula is C14H28N2O. The Morgan fingerprint density at radius 1 is 1.35 bits per heavy atom. The lowest BCUT2D eigenvalue weighted by Crippen LogP contribution is -2.68. The molecule has 3 heteroatoms. The largest absolute Gasteiger partial charge is 0.377 e. The van der Waals surface area contributed by atoms with Gasteiger partial charge in [0.25, 0.3) is 0 Å². The van der Waals surface area contributed by atoms with E-state index >= 15 is 0 Å². The van der Waals surface area contributed by atoms with Gasteiger partial charge in [-0.05, 0) is 40.5 Å². The second-order valence-corrected chi connectivity index (χ2v) is 6.57. The van der Waals surface area contributed by atoms with Gasteiger partial charge in [0.15, 0.2) is 0 Å². The third kappa shape index (κ3) is 2.38. The van der Waals surface area contributed by atoms with E-state index in [1.54, 1.807) is 0 Å². The summed E-state index contributed by atoms with van der Waals surface area (Å²) in [5.74, 6) is 0. The van der Waals surface area contributed by atoms with Crippen molar-refractivity contribution in [3.05, 3.63) is 0 Å². The number of piperazine rings is 1. The van der Waals surface area contributed by atoms with Gasteiger partial charge < -0.3 is 10.1 Å². The summed E-state index contributed by atoms with van der Waals surface area (Å²) in [5.41, 5.74) is 0.442. The number of nitrogens with zero attached hydrogens (tertiary/aromatic N) is 1. The van der Waals surface area contributed by atoms with Gasteiger partial charge >= 0.3 is 0 Å². The summed E-state index contributed by atoms with van der Waals surface area (Å²) in [6.45, 7) is 14.6. The molecule has 2 aliphatic rings. The first-order valence-corrected chi connectivity index (χ1v) is 7.02. The fraction of sp³-hybridized carbons (Fsp3) is 1.00. The molecule has 0 bridgehead atoms. The van der Waals surface area contributed by atoms with E-state index in [1.165, 1.54) is 12.8 Å². The van der Waals surface area contributed by atoms with Crippen molar-refractivity contribution in [3.63, 3.8) is 0 Å². The first-order chi connectivity index (χ1) is 7.89. The minimum absolute atomic E-state index is 0.219. The van der Waals surface area contributed by atoms with E-state index in [4.69, 9.17) is 4.74 Å². The number of hydrogen-bond acceptors (Lipinski definition) is 3. The molecule has 3 nitrogen and oxygen atoms in total. The van der Waals surface area contributed by atoms with Crippen molar-refractivity contribution in [2.24, 2.45) is 0 Å². The molecule has 0 aromatic carbocycles. The quantitative estimate of drug-likeness (QED) is 0.799. The van der Waals surface area contributed by atoms with Gasteiger partial charge in [-0.1, -0.05) is 6.92 Å². The van der Waals surface area contributed by atoms with Crippen LogP contribution < -0.4 is 5.32 Å². The molecule has 2 rings (SSSR count). The highest BCUT2D eigenvalue weighted by Gasteiger charge is 2.47. The summed E-state index contributed by atoms with van der Waals surface area (Å²) in [4.78, 5) is 2.71. The van der Waals surface area contributed by atoms with Gasteiger partial charge in [0.1, 0.15) is 0 Å². The van der Waals surface area contributed by atoms with Crippen LogP contribution in [0.1, 0.15) is 47.5 Å². The van der Waals surface area contributed by atoms with Crippen LogP contribution >= 0.6 is 0 Å². The first kappa shape index (κ1) is 13.3. The van der Waals surface area contributed by atoms with Crippen LogP contribution in [0.15, 0.2) is 0 Å². The van der Waals surface area contributed by atoms with Crippen molar-refractivity contribution in [3.8, 4) is 0 Å². The van der Waals surface area contributed by atoms with E-state index in [2.05, 4.69) is 44.8 Å². The Hall–Kier alpha value is -0.120. The van der Waals surface area contributed by atoms with Crippen molar-refractivity contribution in [1.82, 2.24) is 10.2 Å². The molecule has 2 fully saturated rings. The number of rotatable bonds is 2. The second kappa shape index (κ2) is 4.52. The lowest BCUT2D eigenvalue weighted by atomic mass is 9.85. The van der Waals surface area contributed by atoms with Crippen molar-refractivity contribution in [2.45, 2.75) is 70.7 Å². The molecule has 1 N–H and O–H groups in total. The highest BCUT2D eigenvalue weighted by molar-refractivity contribution is 5.03. The fourth-order valence-corrected chi connectivity index (χ4v) is 3.28. The summed E-state index contributed by atoms with van der Waals surface area (Å²) in [6.07, 6.45) is 2.73. The summed E-state index contributed by atoms with van der Waals surface area (Å²) in [5, 5.41) is 3.66. The van der Waals surface area contributed by atoms with E-state index < -0.39 is 0 Å². The second-order valence-electron chi connectivity index (χ2n) is 6.57. The third-order valence-corrected chi connectivity index (χ3v) is 4.80. The third-order valence-electron chi connectivity index (χ3n) is 4.80. The van der Waals surface area contributed by atoms with Crippen LogP contribution in [0.4, 0.5) is 0 Å². The van der Waals surface area contributed by atoms with E-state index in [0.29, 0.717) is 12.1 Å². The van der Waals surface area contributed by atoms with E-state index in [1.807, 2.05) is 0 Å². The smallest absolute Gasteiger partial charge is 0.0728 e. The van der Waals surface area contributed by atoms with Gasteiger partial charge in [-0.3, -0.25) is 4.90 Å². The molecule has 17 heavy (non-hydrogen) atoms. The van der Waals surface area contributed by atoms with Gasteiger partial charge in [-0.15, -0.1) is 0 Å². The molecule has 2 saturated heterocycles. The van der Waals surface area contributed by atoms with Crippen LogP contribution in [0.25, 0.3) is 0 Å². The lowest BCUT2D eigenvalue weighted by molar-refractivity contribution is -0.0380. The summed E-state index contributed by atoms with van der Waals surface area (Å²) < 4.78 is 5.82. The zero-order valence-electron chi connectivity index (χ0n) is 12.0. The standard InChI is InChI=1S/C14H28N2O/c1-6-12-9-15-13(3,4)10-16(12)14(5)7-8-17-11(14)2/h11-12,15H,6-10H2,1-5H3. The van der Waals surface area contributed by atoms with Crippen molar-refractivity contribution >= 4 is 0 Å². The molecular weight excluding hydrogens is 212 g/mol. The Kier molecular flexibility index (Phi) is 3.54. The predicted molar refractivity (Wildman–Crippen MR) is 71.3 cm³/mol. The minimum Gasteiger partial charge on any atom is -0.377 e. The summed E-state index contributed by atoms with van der Waals surface area (Å²) >= 11 is 0. The number of nitrogens with one attached hydrogen (secondary N) is 1. The zero-order valence-corrected chi connectivity index (χ0v) is 12.0. The average molecular weight is 240 g/mol. The molecule has 0 saturated carbocycles. The zero-order chi connectivity index (χ0) is 12.7. The average Bonchev–Trinajstić information content (AvgIpc) is 2.59. The highest BCUT2D eigenvalue weighted by atomic mass is 16.5. The molecule has 0 aliphatic carbocycles. The van der Waals surface area contributed by atoms with Crippen molar-refractivity contribution < 1.29 is 4.74 Å². The maximum absolute atomic E-state index is 5.82. The topological polar surface area (TPSA) is 24.5 Å². The van der Waals surface area contributed by atoms with Crippen LogP contribution in [-0.4, -0.2) is 47.8 Å². The van der Waals surface area contributed by atoms with Crippen molar-refractivity contribution in [2.75, 3.05) is 19.7 Å². The fourth-order valence-electron chi connectivity index (χ4n) is 3.28. The Bertz CT molecular complexity index is 279. The molecule has 0 aromatic rings. The SMILES string of the molecule is CCC1CNC(C)(C)CN1C1(C)CCOC1C. The maximum atomic E-state index is 5.82. The summed E-state index contributed by atoms with van der Waals surface area (Å²) in [6, 6.07) is 0.650. The van der Waals surface area contributed by atoms with Crippen LogP contribution in [0.5, 0.6) is 0 Å². The lowest BCUT2D eigenvalue weighted by Gasteiger charge is -2.52. The molecule has 0 amide bonds. The number of hydrogen-bond donors (Lipinski definition) is 1. The minimum atomic E-state index is 0.219. The Labute approximate surface area is 106 Å². The molecule has 2 heterocycles. The van der Waals surface area contributed by atoms with Gasteiger partial charge in [-0.2, -0.15) is 0 Å². The van der Waals surface area contributed by atoms with Gasteiger partial charge in [0.05, 0.1) is 6.10 Å². The number of ether oxygens (including phenoxy) is 1. The Morgan fingerprint density at radius 3 is 2.59 bits per heavy atom. The Morgan fingerprint density at radius 2 is 2.06 bits per heavy atom. The monoisotopic (exact) mass is 240 g/mol. The molecule has 0 spiro atoms. The normalized spacial score (nSPS) is 42.9. The van der Waals surface area contributed by atoms with E-state index in [-0.39, 0.29) is 11.1 Å². The maximum Gasteiger partial charge on any atom is 0.0728 e. The molecule has 3 unspecified atom stereocenters. The molecule has 100 valence electrons. The van der Waals surface area contributed by atoms with E-state index in [0.717, 1.165) is 19.7 Å². The highest BCUT2D eigenvalue weighted by Crippen LogP contribution is 2.36. The first-order valence-electron chi connectivity index (χ1n) is 7.02. The van der Waals surface area contributed by atoms with Crippen LogP contribution in [0.3, 0.4) is 0 Å². The van der Waals surface area contributed by atoms with Gasteiger partial charge in [-0.25, -0.2) is 0 Å². The van der Waals surface area contributed by atoms with Gasteiger partial charge in [0.2, 0.25) is 0 Å². The van der Waals surface area contributed by atoms with Crippen LogP contribution in [0.2, 0.25) is 0 Å². The molecule has 3 atom stereocenters. The Balaban J connectivity index is 2.20.